The van der Waals surface area contributed by atoms with E-state index in [1.165, 1.54) is 7.11 Å². The molecule has 0 spiro atoms. The second kappa shape index (κ2) is 4.99. The number of rotatable bonds is 3. The predicted octanol–water partition coefficient (Wildman–Crippen LogP) is 1.13. The molecular formula is C5H10O2S2. The number of esters is 1. The number of hydrogen-bond acceptors (Lipinski definition) is 4. The van der Waals surface area contributed by atoms with Crippen molar-refractivity contribution in [1.29, 1.82) is 0 Å². The summed E-state index contributed by atoms with van der Waals surface area (Å²) in [6, 6.07) is 0. The van der Waals surface area contributed by atoms with Gasteiger partial charge in [-0.2, -0.15) is 25.3 Å². The number of carbonyl (C=O) groups excluding carboxylic acids is 1. The molecule has 0 aliphatic carbocycles. The van der Waals surface area contributed by atoms with Crippen LogP contribution < -0.4 is 0 Å². The van der Waals surface area contributed by atoms with E-state index in [9.17, 15) is 4.79 Å². The molecule has 54 valence electrons. The molecule has 0 radical (unpaired) electrons. The average Bonchev–Trinajstić information content (AvgIpc) is 1.83. The third-order valence-electron chi connectivity index (χ3n) is 0.834. The van der Waals surface area contributed by atoms with E-state index < -0.39 is 0 Å². The first-order valence-electron chi connectivity index (χ1n) is 2.59. The fraction of sp³-hybridized carbons (Fsp3) is 0.800. The molecule has 0 unspecified atom stereocenters. The largest absolute Gasteiger partial charge is 0.469 e. The van der Waals surface area contributed by atoms with E-state index in [0.29, 0.717) is 12.8 Å². The van der Waals surface area contributed by atoms with Gasteiger partial charge < -0.3 is 4.74 Å². The fourth-order valence-electron chi connectivity index (χ4n) is 0.349. The molecule has 0 aromatic heterocycles. The van der Waals surface area contributed by atoms with Crippen LogP contribution in [0.3, 0.4) is 0 Å². The van der Waals surface area contributed by atoms with Crippen LogP contribution in [0.4, 0.5) is 0 Å². The van der Waals surface area contributed by atoms with Gasteiger partial charge in [-0.3, -0.25) is 4.79 Å². The zero-order valence-corrected chi connectivity index (χ0v) is 6.99. The van der Waals surface area contributed by atoms with E-state index in [-0.39, 0.29) is 10.6 Å². The Labute approximate surface area is 65.8 Å². The van der Waals surface area contributed by atoms with Crippen molar-refractivity contribution in [1.82, 2.24) is 0 Å². The summed E-state index contributed by atoms with van der Waals surface area (Å²) in [7, 11) is 1.37. The van der Waals surface area contributed by atoms with E-state index in [1.807, 2.05) is 0 Å². The minimum Gasteiger partial charge on any atom is -0.469 e. The molecule has 0 aliphatic heterocycles. The monoisotopic (exact) mass is 166 g/mol. The van der Waals surface area contributed by atoms with Gasteiger partial charge in [0, 0.05) is 11.0 Å². The number of methoxy groups -OCH3 is 1. The predicted molar refractivity (Wildman–Crippen MR) is 43.0 cm³/mol. The molecule has 0 heterocycles. The molecule has 2 nitrogen and oxygen atoms in total. The van der Waals surface area contributed by atoms with Gasteiger partial charge in [0.05, 0.1) is 7.11 Å². The Morgan fingerprint density at radius 3 is 2.56 bits per heavy atom. The molecule has 0 saturated heterocycles. The van der Waals surface area contributed by atoms with Gasteiger partial charge in [-0.15, -0.1) is 0 Å². The van der Waals surface area contributed by atoms with Gasteiger partial charge in [0.1, 0.15) is 0 Å². The standard InChI is InChI=1S/C5H10O2S2/c1-7-4(6)2-3-5(8)9/h5,8-9H,2-3H2,1H3. The van der Waals surface area contributed by atoms with Crippen molar-refractivity contribution in [2.75, 3.05) is 7.11 Å². The van der Waals surface area contributed by atoms with Crippen LogP contribution in [-0.2, 0) is 9.53 Å². The Kier molecular flexibility index (Phi) is 5.09. The minimum atomic E-state index is -0.205. The molecule has 0 saturated carbocycles. The van der Waals surface area contributed by atoms with Gasteiger partial charge in [0.15, 0.2) is 0 Å². The number of ether oxygens (including phenoxy) is 1. The van der Waals surface area contributed by atoms with Gasteiger partial charge in [-0.25, -0.2) is 0 Å². The Morgan fingerprint density at radius 2 is 2.22 bits per heavy atom. The summed E-state index contributed by atoms with van der Waals surface area (Å²) in [5, 5.41) is 0. The van der Waals surface area contributed by atoms with Crippen LogP contribution in [0.5, 0.6) is 0 Å². The van der Waals surface area contributed by atoms with Gasteiger partial charge in [0.2, 0.25) is 0 Å². The summed E-state index contributed by atoms with van der Waals surface area (Å²) in [4.78, 5) is 10.4. The summed E-state index contributed by atoms with van der Waals surface area (Å²) < 4.78 is 4.37. The van der Waals surface area contributed by atoms with Crippen LogP contribution in [-0.4, -0.2) is 17.7 Å². The summed E-state index contributed by atoms with van der Waals surface area (Å²) >= 11 is 7.94. The van der Waals surface area contributed by atoms with E-state index in [2.05, 4.69) is 30.0 Å². The van der Waals surface area contributed by atoms with Crippen molar-refractivity contribution in [3.63, 3.8) is 0 Å². The molecule has 4 heteroatoms. The lowest BCUT2D eigenvalue weighted by Crippen LogP contribution is -2.01. The van der Waals surface area contributed by atoms with Crippen LogP contribution >= 0.6 is 25.3 Å². The maximum absolute atomic E-state index is 10.4. The number of hydrogen-bond donors (Lipinski definition) is 2. The summed E-state index contributed by atoms with van der Waals surface area (Å²) in [5.41, 5.74) is 0. The lowest BCUT2D eigenvalue weighted by Gasteiger charge is -1.99. The Bertz CT molecular complexity index is 93.0. The van der Waals surface area contributed by atoms with Crippen LogP contribution in [0.15, 0.2) is 0 Å². The third kappa shape index (κ3) is 6.05. The zero-order chi connectivity index (χ0) is 7.28. The highest BCUT2D eigenvalue weighted by molar-refractivity contribution is 7.99. The third-order valence-corrected chi connectivity index (χ3v) is 1.35. The smallest absolute Gasteiger partial charge is 0.305 e. The van der Waals surface area contributed by atoms with Gasteiger partial charge in [0.25, 0.3) is 0 Å². The molecule has 0 N–H and O–H groups in total. The minimum absolute atomic E-state index is 0.0240. The molecule has 0 atom stereocenters. The van der Waals surface area contributed by atoms with Crippen LogP contribution in [0.1, 0.15) is 12.8 Å². The lowest BCUT2D eigenvalue weighted by molar-refractivity contribution is -0.140. The Hall–Kier alpha value is 0.170. The summed E-state index contributed by atoms with van der Waals surface area (Å²) in [6.07, 6.45) is 1.05. The van der Waals surface area contributed by atoms with Gasteiger partial charge in [-0.1, -0.05) is 0 Å². The van der Waals surface area contributed by atoms with Crippen LogP contribution in [0.2, 0.25) is 0 Å². The highest BCUT2D eigenvalue weighted by Crippen LogP contribution is 2.08. The number of thiol groups is 2. The SMILES string of the molecule is COC(=O)CCC(S)S. The summed E-state index contributed by atoms with van der Waals surface area (Å²) in [6.45, 7) is 0. The van der Waals surface area contributed by atoms with Crippen molar-refractivity contribution in [3.05, 3.63) is 0 Å². The fourth-order valence-corrected chi connectivity index (χ4v) is 0.607. The first kappa shape index (κ1) is 9.17. The van der Waals surface area contributed by atoms with Crippen molar-refractivity contribution in [3.8, 4) is 0 Å². The van der Waals surface area contributed by atoms with Gasteiger partial charge in [-0.05, 0) is 6.42 Å². The van der Waals surface area contributed by atoms with E-state index >= 15 is 0 Å². The van der Waals surface area contributed by atoms with Crippen molar-refractivity contribution < 1.29 is 9.53 Å². The second-order valence-corrected chi connectivity index (χ2v) is 3.25. The molecule has 0 fully saturated rings. The van der Waals surface area contributed by atoms with E-state index in [4.69, 9.17) is 0 Å². The molecule has 0 bridgehead atoms. The van der Waals surface area contributed by atoms with Crippen LogP contribution in [0.25, 0.3) is 0 Å². The highest BCUT2D eigenvalue weighted by atomic mass is 32.2. The maximum Gasteiger partial charge on any atom is 0.305 e. The first-order chi connectivity index (χ1) is 4.16. The lowest BCUT2D eigenvalue weighted by atomic mass is 10.3. The average molecular weight is 166 g/mol. The first-order valence-corrected chi connectivity index (χ1v) is 3.63. The molecule has 0 aromatic rings. The Balaban J connectivity index is 3.17. The zero-order valence-electron chi connectivity index (χ0n) is 5.20. The van der Waals surface area contributed by atoms with Crippen molar-refractivity contribution in [2.45, 2.75) is 17.4 Å². The maximum atomic E-state index is 10.4. The van der Waals surface area contributed by atoms with Crippen molar-refractivity contribution in [2.24, 2.45) is 0 Å². The van der Waals surface area contributed by atoms with Crippen molar-refractivity contribution >= 4 is 31.2 Å². The van der Waals surface area contributed by atoms with Gasteiger partial charge >= 0.3 is 5.97 Å². The molecule has 0 aliphatic rings. The van der Waals surface area contributed by atoms with Crippen LogP contribution in [0, 0.1) is 0 Å². The van der Waals surface area contributed by atoms with E-state index in [1.54, 1.807) is 0 Å². The number of carbonyl (C=O) groups is 1. The second-order valence-electron chi connectivity index (χ2n) is 1.60. The highest BCUT2D eigenvalue weighted by Gasteiger charge is 2.01. The molecule has 0 aromatic carbocycles. The van der Waals surface area contributed by atoms with E-state index in [0.717, 1.165) is 0 Å². The summed E-state index contributed by atoms with van der Waals surface area (Å²) in [5.74, 6) is -0.205. The Morgan fingerprint density at radius 1 is 1.67 bits per heavy atom. The molecule has 0 amide bonds. The molecule has 0 rings (SSSR count). The topological polar surface area (TPSA) is 26.3 Å². The quantitative estimate of drug-likeness (QED) is 0.373. The normalized spacial score (nSPS) is 9.78. The molecule has 9 heavy (non-hydrogen) atoms. The molecular weight excluding hydrogens is 156 g/mol.